The molecule has 112 valence electrons. The maximum Gasteiger partial charge on any atom is 0.308 e. The summed E-state index contributed by atoms with van der Waals surface area (Å²) in [6.45, 7) is 5.15. The standard InChI is InChI=1S/C15H24N2O3/c1-15(2)6-3-7-16-12(15)13(18)17-9-4-5-11(17)10(8-9)14(19)20/h9-12,16H,3-8H2,1-2H3,(H,19,20). The second-order valence-electron chi connectivity index (χ2n) is 7.20. The molecule has 3 fully saturated rings. The van der Waals surface area contributed by atoms with Gasteiger partial charge in [-0.25, -0.2) is 0 Å². The predicted octanol–water partition coefficient (Wildman–Crippen LogP) is 1.23. The molecule has 0 aromatic carbocycles. The highest BCUT2D eigenvalue weighted by atomic mass is 16.4. The SMILES string of the molecule is CC1(C)CCCNC1C(=O)N1C2CCC1C(C(=O)O)C2. The van der Waals surface area contributed by atoms with Crippen LogP contribution in [-0.2, 0) is 9.59 Å². The Bertz CT molecular complexity index is 435. The van der Waals surface area contributed by atoms with Gasteiger partial charge >= 0.3 is 5.97 Å². The van der Waals surface area contributed by atoms with Crippen LogP contribution in [0.4, 0.5) is 0 Å². The second-order valence-corrected chi connectivity index (χ2v) is 7.20. The molecule has 5 nitrogen and oxygen atoms in total. The van der Waals surface area contributed by atoms with Crippen LogP contribution < -0.4 is 5.32 Å². The Hall–Kier alpha value is -1.10. The van der Waals surface area contributed by atoms with Gasteiger partial charge < -0.3 is 15.3 Å². The molecule has 0 aromatic rings. The first-order valence-corrected chi connectivity index (χ1v) is 7.70. The lowest BCUT2D eigenvalue weighted by molar-refractivity contribution is -0.144. The minimum atomic E-state index is -0.745. The number of amides is 1. The molecular weight excluding hydrogens is 256 g/mol. The Morgan fingerprint density at radius 2 is 2.05 bits per heavy atom. The highest BCUT2D eigenvalue weighted by molar-refractivity contribution is 5.85. The Morgan fingerprint density at radius 1 is 1.30 bits per heavy atom. The lowest BCUT2D eigenvalue weighted by atomic mass is 9.77. The van der Waals surface area contributed by atoms with E-state index in [9.17, 15) is 14.7 Å². The average molecular weight is 280 g/mol. The van der Waals surface area contributed by atoms with E-state index in [0.717, 1.165) is 32.2 Å². The van der Waals surface area contributed by atoms with Crippen LogP contribution in [0.2, 0.25) is 0 Å². The third-order valence-electron chi connectivity index (χ3n) is 5.48. The molecule has 0 saturated carbocycles. The molecule has 1 amide bonds. The molecule has 4 atom stereocenters. The van der Waals surface area contributed by atoms with Crippen molar-refractivity contribution in [3.63, 3.8) is 0 Å². The van der Waals surface area contributed by atoms with E-state index in [1.54, 1.807) is 0 Å². The van der Waals surface area contributed by atoms with Crippen LogP contribution in [0.15, 0.2) is 0 Å². The molecule has 3 aliphatic heterocycles. The zero-order valence-electron chi connectivity index (χ0n) is 12.3. The van der Waals surface area contributed by atoms with Gasteiger partial charge in [0.15, 0.2) is 0 Å². The fraction of sp³-hybridized carbons (Fsp3) is 0.867. The molecule has 3 rings (SSSR count). The predicted molar refractivity (Wildman–Crippen MR) is 74.2 cm³/mol. The summed E-state index contributed by atoms with van der Waals surface area (Å²) in [5.41, 5.74) is -0.0456. The largest absolute Gasteiger partial charge is 0.481 e. The fourth-order valence-electron chi connectivity index (χ4n) is 4.38. The van der Waals surface area contributed by atoms with Gasteiger partial charge in [-0.05, 0) is 44.1 Å². The van der Waals surface area contributed by atoms with Crippen LogP contribution in [0.1, 0.15) is 46.0 Å². The van der Waals surface area contributed by atoms with Crippen LogP contribution in [-0.4, -0.2) is 46.6 Å². The van der Waals surface area contributed by atoms with Crippen molar-refractivity contribution in [3.05, 3.63) is 0 Å². The van der Waals surface area contributed by atoms with Crippen molar-refractivity contribution in [3.8, 4) is 0 Å². The van der Waals surface area contributed by atoms with Crippen LogP contribution in [0.3, 0.4) is 0 Å². The van der Waals surface area contributed by atoms with Crippen LogP contribution in [0.25, 0.3) is 0 Å². The van der Waals surface area contributed by atoms with Crippen LogP contribution in [0.5, 0.6) is 0 Å². The Kier molecular flexibility index (Phi) is 3.27. The van der Waals surface area contributed by atoms with Crippen molar-refractivity contribution in [1.29, 1.82) is 0 Å². The summed E-state index contributed by atoms with van der Waals surface area (Å²) < 4.78 is 0. The maximum absolute atomic E-state index is 12.9. The molecule has 0 aliphatic carbocycles. The minimum Gasteiger partial charge on any atom is -0.481 e. The number of rotatable bonds is 2. The van der Waals surface area contributed by atoms with E-state index in [1.807, 2.05) is 4.90 Å². The molecule has 0 radical (unpaired) electrons. The first-order chi connectivity index (χ1) is 9.42. The third-order valence-corrected chi connectivity index (χ3v) is 5.48. The van der Waals surface area contributed by atoms with Crippen LogP contribution >= 0.6 is 0 Å². The molecule has 3 aliphatic rings. The smallest absolute Gasteiger partial charge is 0.308 e. The van der Waals surface area contributed by atoms with Gasteiger partial charge in [0.05, 0.1) is 12.0 Å². The molecule has 2 N–H and O–H groups in total. The van der Waals surface area contributed by atoms with Crippen molar-refractivity contribution in [2.45, 2.75) is 64.1 Å². The van der Waals surface area contributed by atoms with E-state index in [2.05, 4.69) is 19.2 Å². The first-order valence-electron chi connectivity index (χ1n) is 7.70. The molecule has 3 heterocycles. The summed E-state index contributed by atoms with van der Waals surface area (Å²) >= 11 is 0. The van der Waals surface area contributed by atoms with E-state index in [1.165, 1.54) is 0 Å². The summed E-state index contributed by atoms with van der Waals surface area (Å²) in [4.78, 5) is 26.1. The maximum atomic E-state index is 12.9. The number of hydrogen-bond donors (Lipinski definition) is 2. The molecule has 20 heavy (non-hydrogen) atoms. The number of aliphatic carboxylic acids is 1. The number of carboxylic acid groups (broad SMARTS) is 1. The molecule has 0 aromatic heterocycles. The third kappa shape index (κ3) is 2.03. The quantitative estimate of drug-likeness (QED) is 0.798. The zero-order chi connectivity index (χ0) is 14.5. The molecule has 3 saturated heterocycles. The van der Waals surface area contributed by atoms with E-state index in [0.29, 0.717) is 6.42 Å². The molecule has 5 heteroatoms. The van der Waals surface area contributed by atoms with Gasteiger partial charge in [0.1, 0.15) is 0 Å². The van der Waals surface area contributed by atoms with Gasteiger partial charge in [-0.15, -0.1) is 0 Å². The summed E-state index contributed by atoms with van der Waals surface area (Å²) in [5.74, 6) is -0.971. The zero-order valence-corrected chi connectivity index (χ0v) is 12.3. The number of piperidine rings is 1. The van der Waals surface area contributed by atoms with E-state index in [-0.39, 0.29) is 35.4 Å². The number of carbonyl (C=O) groups excluding carboxylic acids is 1. The number of carboxylic acids is 1. The lowest BCUT2D eigenvalue weighted by Crippen LogP contribution is -2.57. The van der Waals surface area contributed by atoms with Crippen molar-refractivity contribution >= 4 is 11.9 Å². The van der Waals surface area contributed by atoms with Crippen LogP contribution in [0, 0.1) is 11.3 Å². The van der Waals surface area contributed by atoms with Gasteiger partial charge in [-0.2, -0.15) is 0 Å². The molecule has 4 unspecified atom stereocenters. The van der Waals surface area contributed by atoms with Gasteiger partial charge in [-0.3, -0.25) is 9.59 Å². The average Bonchev–Trinajstić information content (AvgIpc) is 2.94. The van der Waals surface area contributed by atoms with Crippen molar-refractivity contribution < 1.29 is 14.7 Å². The molecular formula is C15H24N2O3. The monoisotopic (exact) mass is 280 g/mol. The highest BCUT2D eigenvalue weighted by Gasteiger charge is 2.53. The number of fused-ring (bicyclic) bond motifs is 2. The van der Waals surface area contributed by atoms with Gasteiger partial charge in [0, 0.05) is 12.1 Å². The first kappa shape index (κ1) is 13.9. The van der Waals surface area contributed by atoms with Gasteiger partial charge in [0.2, 0.25) is 5.91 Å². The normalized spacial score (nSPS) is 39.0. The van der Waals surface area contributed by atoms with E-state index < -0.39 is 5.97 Å². The summed E-state index contributed by atoms with van der Waals surface area (Å²) in [7, 11) is 0. The van der Waals surface area contributed by atoms with Gasteiger partial charge in [-0.1, -0.05) is 13.8 Å². The van der Waals surface area contributed by atoms with Crippen molar-refractivity contribution in [2.24, 2.45) is 11.3 Å². The lowest BCUT2D eigenvalue weighted by Gasteiger charge is -2.41. The summed E-state index contributed by atoms with van der Waals surface area (Å²) in [5, 5.41) is 12.7. The minimum absolute atomic E-state index is 0.0456. The van der Waals surface area contributed by atoms with E-state index >= 15 is 0 Å². The van der Waals surface area contributed by atoms with E-state index in [4.69, 9.17) is 0 Å². The fourth-order valence-corrected chi connectivity index (χ4v) is 4.38. The van der Waals surface area contributed by atoms with Crippen molar-refractivity contribution in [2.75, 3.05) is 6.54 Å². The summed E-state index contributed by atoms with van der Waals surface area (Å²) in [6, 6.07) is -0.0930. The number of hydrogen-bond acceptors (Lipinski definition) is 3. The number of nitrogens with one attached hydrogen (secondary N) is 1. The number of carbonyl (C=O) groups is 2. The Labute approximate surface area is 119 Å². The summed E-state index contributed by atoms with van der Waals surface area (Å²) in [6.07, 6.45) is 4.59. The second kappa shape index (κ2) is 4.72. The Morgan fingerprint density at radius 3 is 2.65 bits per heavy atom. The highest BCUT2D eigenvalue weighted by Crippen LogP contribution is 2.43. The topological polar surface area (TPSA) is 69.6 Å². The number of nitrogens with zero attached hydrogens (tertiary/aromatic N) is 1. The molecule has 0 spiro atoms. The van der Waals surface area contributed by atoms with Crippen molar-refractivity contribution in [1.82, 2.24) is 10.2 Å². The molecule has 2 bridgehead atoms. The Balaban J connectivity index is 1.79. The van der Waals surface area contributed by atoms with Gasteiger partial charge in [0.25, 0.3) is 0 Å².